The first-order valence-corrected chi connectivity index (χ1v) is 10.4. The van der Waals surface area contributed by atoms with Crippen molar-refractivity contribution in [2.24, 2.45) is 10.1 Å². The van der Waals surface area contributed by atoms with Crippen LogP contribution < -0.4 is 4.80 Å². The summed E-state index contributed by atoms with van der Waals surface area (Å²) < 4.78 is 1.87. The SMILES string of the molecule is Oc1ccc(/C=N/n2c(-c3ccccc3)cs/c2=N\C2CCCCC2)cc1O. The standard InChI is InChI=1S/C22H23N3O2S/c26-20-12-11-16(13-21(20)27)14-23-25-19(17-7-3-1-4-8-17)15-28-22(25)24-18-9-5-2-6-10-18/h1,3-4,7-8,11-15,18,26-27H,2,5-6,9-10H2/b23-14+,24-22-. The van der Waals surface area contributed by atoms with Gasteiger partial charge in [-0.3, -0.25) is 4.99 Å². The summed E-state index contributed by atoms with van der Waals surface area (Å²) in [7, 11) is 0. The van der Waals surface area contributed by atoms with Gasteiger partial charge in [-0.25, -0.2) is 4.68 Å². The molecule has 1 aromatic heterocycles. The smallest absolute Gasteiger partial charge is 0.206 e. The van der Waals surface area contributed by atoms with Crippen LogP contribution in [0, 0.1) is 0 Å². The van der Waals surface area contributed by atoms with Crippen molar-refractivity contribution in [1.82, 2.24) is 4.68 Å². The van der Waals surface area contributed by atoms with Crippen LogP contribution in [-0.4, -0.2) is 27.1 Å². The highest BCUT2D eigenvalue weighted by molar-refractivity contribution is 7.07. The zero-order chi connectivity index (χ0) is 19.3. The predicted octanol–water partition coefficient (Wildman–Crippen LogP) is 4.74. The third-order valence-electron chi connectivity index (χ3n) is 4.94. The Balaban J connectivity index is 1.75. The molecule has 4 rings (SSSR count). The highest BCUT2D eigenvalue weighted by atomic mass is 32.1. The number of aromatic hydroxyl groups is 2. The largest absolute Gasteiger partial charge is 0.504 e. The average molecular weight is 394 g/mol. The number of hydrogen-bond donors (Lipinski definition) is 2. The Morgan fingerprint density at radius 3 is 2.50 bits per heavy atom. The second-order valence-electron chi connectivity index (χ2n) is 7.00. The van der Waals surface area contributed by atoms with E-state index in [1.807, 2.05) is 22.9 Å². The molecule has 6 heteroatoms. The molecule has 0 atom stereocenters. The molecule has 1 heterocycles. The van der Waals surface area contributed by atoms with Crippen LogP contribution in [0.15, 0.2) is 64.0 Å². The van der Waals surface area contributed by atoms with E-state index in [1.54, 1.807) is 23.6 Å². The summed E-state index contributed by atoms with van der Waals surface area (Å²) in [4.78, 5) is 5.87. The summed E-state index contributed by atoms with van der Waals surface area (Å²) in [6.07, 6.45) is 7.72. The summed E-state index contributed by atoms with van der Waals surface area (Å²) in [5.74, 6) is -0.298. The van der Waals surface area contributed by atoms with Gasteiger partial charge in [0.05, 0.1) is 18.0 Å². The molecule has 1 aliphatic carbocycles. The molecular weight excluding hydrogens is 370 g/mol. The summed E-state index contributed by atoms with van der Waals surface area (Å²) in [5, 5.41) is 26.0. The lowest BCUT2D eigenvalue weighted by Crippen LogP contribution is -2.19. The zero-order valence-corrected chi connectivity index (χ0v) is 16.3. The van der Waals surface area contributed by atoms with Crippen molar-refractivity contribution in [2.45, 2.75) is 38.1 Å². The monoisotopic (exact) mass is 393 g/mol. The number of aromatic nitrogens is 1. The fourth-order valence-corrected chi connectivity index (χ4v) is 4.33. The Morgan fingerprint density at radius 2 is 1.75 bits per heavy atom. The quantitative estimate of drug-likeness (QED) is 0.496. The Kier molecular flexibility index (Phi) is 5.58. The fraction of sp³-hybridized carbons (Fsp3) is 0.273. The van der Waals surface area contributed by atoms with Crippen LogP contribution in [0.5, 0.6) is 11.5 Å². The lowest BCUT2D eigenvalue weighted by molar-refractivity contribution is 0.403. The van der Waals surface area contributed by atoms with Crippen molar-refractivity contribution in [3.8, 4) is 22.8 Å². The Morgan fingerprint density at radius 1 is 0.964 bits per heavy atom. The minimum Gasteiger partial charge on any atom is -0.504 e. The number of benzene rings is 2. The molecule has 1 aliphatic rings. The number of phenols is 2. The topological polar surface area (TPSA) is 70.1 Å². The number of phenolic OH excluding ortho intramolecular Hbond substituents is 2. The molecule has 28 heavy (non-hydrogen) atoms. The van der Waals surface area contributed by atoms with Gasteiger partial charge in [-0.1, -0.05) is 49.6 Å². The average Bonchev–Trinajstić information content (AvgIpc) is 3.13. The van der Waals surface area contributed by atoms with Crippen LogP contribution in [0.25, 0.3) is 11.3 Å². The number of thiazole rings is 1. The van der Waals surface area contributed by atoms with E-state index in [0.29, 0.717) is 11.6 Å². The van der Waals surface area contributed by atoms with Gasteiger partial charge in [0.1, 0.15) is 0 Å². The molecule has 1 saturated carbocycles. The second-order valence-corrected chi connectivity index (χ2v) is 7.83. The van der Waals surface area contributed by atoms with E-state index in [2.05, 4.69) is 22.6 Å². The van der Waals surface area contributed by atoms with Gasteiger partial charge in [0.2, 0.25) is 4.80 Å². The fourth-order valence-electron chi connectivity index (χ4n) is 3.42. The van der Waals surface area contributed by atoms with Gasteiger partial charge in [0.25, 0.3) is 0 Å². The summed E-state index contributed by atoms with van der Waals surface area (Å²) in [6, 6.07) is 15.2. The highest BCUT2D eigenvalue weighted by Gasteiger charge is 2.14. The molecule has 2 N–H and O–H groups in total. The molecule has 3 aromatic rings. The molecule has 144 valence electrons. The number of rotatable bonds is 4. The first-order valence-electron chi connectivity index (χ1n) is 9.57. The van der Waals surface area contributed by atoms with Crippen LogP contribution in [0.4, 0.5) is 0 Å². The molecule has 0 spiro atoms. The van der Waals surface area contributed by atoms with E-state index in [4.69, 9.17) is 4.99 Å². The van der Waals surface area contributed by atoms with Crippen LogP contribution in [0.3, 0.4) is 0 Å². The molecule has 0 bridgehead atoms. The van der Waals surface area contributed by atoms with Gasteiger partial charge < -0.3 is 10.2 Å². The van der Waals surface area contributed by atoms with Gasteiger partial charge in [-0.05, 0) is 36.6 Å². The molecule has 2 aromatic carbocycles. The maximum Gasteiger partial charge on any atom is 0.206 e. The maximum absolute atomic E-state index is 9.73. The molecule has 0 amide bonds. The Labute approximate surface area is 168 Å². The van der Waals surface area contributed by atoms with Crippen molar-refractivity contribution in [2.75, 3.05) is 0 Å². The van der Waals surface area contributed by atoms with Crippen molar-refractivity contribution in [1.29, 1.82) is 0 Å². The lowest BCUT2D eigenvalue weighted by atomic mass is 9.96. The van der Waals surface area contributed by atoms with Crippen molar-refractivity contribution in [3.05, 3.63) is 64.3 Å². The predicted molar refractivity (Wildman–Crippen MR) is 113 cm³/mol. The minimum absolute atomic E-state index is 0.140. The van der Waals surface area contributed by atoms with Gasteiger partial charge >= 0.3 is 0 Å². The second kappa shape index (κ2) is 8.44. The van der Waals surface area contributed by atoms with E-state index < -0.39 is 0 Å². The number of nitrogens with zero attached hydrogens (tertiary/aromatic N) is 3. The normalized spacial score (nSPS) is 16.1. The molecule has 0 radical (unpaired) electrons. The zero-order valence-electron chi connectivity index (χ0n) is 15.5. The van der Waals surface area contributed by atoms with Gasteiger partial charge in [-0.15, -0.1) is 11.3 Å². The van der Waals surface area contributed by atoms with Crippen LogP contribution >= 0.6 is 11.3 Å². The van der Waals surface area contributed by atoms with Crippen LogP contribution in [0.2, 0.25) is 0 Å². The van der Waals surface area contributed by atoms with Crippen molar-refractivity contribution >= 4 is 17.6 Å². The van der Waals surface area contributed by atoms with E-state index in [-0.39, 0.29) is 11.5 Å². The van der Waals surface area contributed by atoms with E-state index >= 15 is 0 Å². The van der Waals surface area contributed by atoms with Gasteiger partial charge in [0.15, 0.2) is 11.5 Å². The molecular formula is C22H23N3O2S. The molecule has 1 fully saturated rings. The van der Waals surface area contributed by atoms with Gasteiger partial charge in [0, 0.05) is 10.9 Å². The molecule has 0 unspecified atom stereocenters. The first-order chi connectivity index (χ1) is 13.7. The molecule has 5 nitrogen and oxygen atoms in total. The highest BCUT2D eigenvalue weighted by Crippen LogP contribution is 2.25. The Bertz CT molecular complexity index is 1030. The lowest BCUT2D eigenvalue weighted by Gasteiger charge is -2.16. The van der Waals surface area contributed by atoms with E-state index in [9.17, 15) is 10.2 Å². The Hall–Kier alpha value is -2.86. The summed E-state index contributed by atoms with van der Waals surface area (Å²) in [5.41, 5.74) is 2.77. The number of hydrogen-bond acceptors (Lipinski definition) is 5. The molecule has 0 saturated heterocycles. The van der Waals surface area contributed by atoms with Gasteiger partial charge in [-0.2, -0.15) is 5.10 Å². The minimum atomic E-state index is -0.158. The van der Waals surface area contributed by atoms with Crippen molar-refractivity contribution in [3.63, 3.8) is 0 Å². The van der Waals surface area contributed by atoms with Crippen LogP contribution in [-0.2, 0) is 0 Å². The van der Waals surface area contributed by atoms with Crippen molar-refractivity contribution < 1.29 is 10.2 Å². The third kappa shape index (κ3) is 4.17. The summed E-state index contributed by atoms with van der Waals surface area (Å²) >= 11 is 1.60. The van der Waals surface area contributed by atoms with Crippen LogP contribution in [0.1, 0.15) is 37.7 Å². The maximum atomic E-state index is 9.73. The first kappa shape index (κ1) is 18.5. The third-order valence-corrected chi connectivity index (χ3v) is 5.77. The summed E-state index contributed by atoms with van der Waals surface area (Å²) in [6.45, 7) is 0. The molecule has 0 aliphatic heterocycles. The van der Waals surface area contributed by atoms with E-state index in [0.717, 1.165) is 28.9 Å². The van der Waals surface area contributed by atoms with E-state index in [1.165, 1.54) is 31.4 Å².